The Kier molecular flexibility index (Phi) is 6.69. The molecule has 2 rings (SSSR count). The lowest BCUT2D eigenvalue weighted by molar-refractivity contribution is 0.0977. The normalized spacial score (nSPS) is 10.1. The number of rotatable bonds is 6. The number of anilines is 1. The van der Waals surface area contributed by atoms with Crippen molar-refractivity contribution in [3.8, 4) is 0 Å². The van der Waals surface area contributed by atoms with Gasteiger partial charge in [0.1, 0.15) is 0 Å². The number of amides is 1. The van der Waals surface area contributed by atoms with Crippen LogP contribution in [0, 0.1) is 0 Å². The number of nitrogens with zero attached hydrogens (tertiary/aromatic N) is 1. The van der Waals surface area contributed by atoms with Crippen LogP contribution in [0.25, 0.3) is 0 Å². The summed E-state index contributed by atoms with van der Waals surface area (Å²) in [5.74, 6) is -0.216. The Morgan fingerprint density at radius 1 is 1.17 bits per heavy atom. The highest BCUT2D eigenvalue weighted by molar-refractivity contribution is 7.80. The molecule has 0 bridgehead atoms. The number of thiocarbonyl (C=S) groups is 1. The number of unbranched alkanes of at least 4 members (excludes halogenated alkanes) is 2. The van der Waals surface area contributed by atoms with Gasteiger partial charge >= 0.3 is 0 Å². The molecule has 0 saturated carbocycles. The summed E-state index contributed by atoms with van der Waals surface area (Å²) < 4.78 is 0. The van der Waals surface area contributed by atoms with Gasteiger partial charge in [0.15, 0.2) is 5.11 Å². The zero-order chi connectivity index (χ0) is 16.5. The second-order valence-electron chi connectivity index (χ2n) is 5.30. The average molecular weight is 327 g/mol. The lowest BCUT2D eigenvalue weighted by Gasteiger charge is -2.09. The van der Waals surface area contributed by atoms with E-state index in [1.165, 1.54) is 24.8 Å². The molecule has 5 heteroatoms. The van der Waals surface area contributed by atoms with Gasteiger partial charge in [0.2, 0.25) is 0 Å². The minimum Gasteiger partial charge on any atom is -0.331 e. The molecule has 0 atom stereocenters. The number of carbonyl (C=O) groups excluding carboxylic acids is 1. The van der Waals surface area contributed by atoms with Crippen LogP contribution in [0.15, 0.2) is 48.8 Å². The van der Waals surface area contributed by atoms with Crippen LogP contribution in [0.1, 0.15) is 42.1 Å². The molecule has 0 fully saturated rings. The van der Waals surface area contributed by atoms with Gasteiger partial charge in [-0.3, -0.25) is 15.1 Å². The van der Waals surface area contributed by atoms with E-state index < -0.39 is 0 Å². The molecule has 23 heavy (non-hydrogen) atoms. The summed E-state index contributed by atoms with van der Waals surface area (Å²) in [6, 6.07) is 11.3. The number of hydrogen-bond acceptors (Lipinski definition) is 3. The van der Waals surface area contributed by atoms with Crippen LogP contribution in [0.3, 0.4) is 0 Å². The van der Waals surface area contributed by atoms with Crippen molar-refractivity contribution in [1.82, 2.24) is 10.3 Å². The summed E-state index contributed by atoms with van der Waals surface area (Å²) in [5.41, 5.74) is 2.59. The van der Waals surface area contributed by atoms with Gasteiger partial charge in [-0.2, -0.15) is 0 Å². The van der Waals surface area contributed by atoms with E-state index in [1.54, 1.807) is 18.5 Å². The topological polar surface area (TPSA) is 54.0 Å². The van der Waals surface area contributed by atoms with Crippen molar-refractivity contribution in [1.29, 1.82) is 0 Å². The predicted molar refractivity (Wildman–Crippen MR) is 97.6 cm³/mol. The molecule has 4 nitrogen and oxygen atoms in total. The van der Waals surface area contributed by atoms with Crippen LogP contribution in [0.2, 0.25) is 0 Å². The maximum Gasteiger partial charge on any atom is 0.257 e. The van der Waals surface area contributed by atoms with Crippen LogP contribution in [-0.2, 0) is 6.42 Å². The number of carbonyl (C=O) groups is 1. The molecule has 0 aliphatic heterocycles. The molecule has 1 heterocycles. The highest BCUT2D eigenvalue weighted by Crippen LogP contribution is 2.09. The minimum absolute atomic E-state index is 0.216. The van der Waals surface area contributed by atoms with Crippen molar-refractivity contribution in [3.05, 3.63) is 59.9 Å². The first kappa shape index (κ1) is 17.1. The molecule has 0 saturated heterocycles. The minimum atomic E-state index is -0.216. The summed E-state index contributed by atoms with van der Waals surface area (Å²) >= 11 is 5.14. The van der Waals surface area contributed by atoms with Gasteiger partial charge in [0, 0.05) is 11.8 Å². The molecule has 0 unspecified atom stereocenters. The molecule has 0 aliphatic carbocycles. The largest absolute Gasteiger partial charge is 0.331 e. The molecule has 1 aromatic heterocycles. The molecular weight excluding hydrogens is 306 g/mol. The van der Waals surface area contributed by atoms with E-state index in [-0.39, 0.29) is 11.0 Å². The maximum atomic E-state index is 12.2. The Balaban J connectivity index is 1.86. The van der Waals surface area contributed by atoms with Gasteiger partial charge < -0.3 is 5.32 Å². The Bertz CT molecular complexity index is 641. The lowest BCUT2D eigenvalue weighted by Crippen LogP contribution is -2.34. The predicted octanol–water partition coefficient (Wildman–Crippen LogP) is 3.94. The Morgan fingerprint density at radius 2 is 1.96 bits per heavy atom. The van der Waals surface area contributed by atoms with E-state index in [9.17, 15) is 4.79 Å². The summed E-state index contributed by atoms with van der Waals surface area (Å²) in [6.07, 6.45) is 7.99. The quantitative estimate of drug-likeness (QED) is 0.623. The first-order valence-electron chi connectivity index (χ1n) is 7.80. The van der Waals surface area contributed by atoms with Crippen LogP contribution in [0.5, 0.6) is 0 Å². The number of benzene rings is 1. The molecule has 1 aromatic carbocycles. The molecule has 1 amide bonds. The van der Waals surface area contributed by atoms with E-state index in [0.717, 1.165) is 12.1 Å². The molecule has 2 aromatic rings. The fraction of sp³-hybridized carbons (Fsp3) is 0.278. The van der Waals surface area contributed by atoms with Crippen molar-refractivity contribution in [2.24, 2.45) is 0 Å². The molecule has 2 N–H and O–H groups in total. The van der Waals surface area contributed by atoms with Crippen LogP contribution >= 0.6 is 12.2 Å². The fourth-order valence-corrected chi connectivity index (χ4v) is 2.39. The maximum absolute atomic E-state index is 12.2. The molecule has 0 aliphatic rings. The van der Waals surface area contributed by atoms with Crippen LogP contribution in [-0.4, -0.2) is 16.0 Å². The van der Waals surface area contributed by atoms with E-state index in [0.29, 0.717) is 5.56 Å². The Morgan fingerprint density at radius 3 is 2.61 bits per heavy atom. The zero-order valence-electron chi connectivity index (χ0n) is 13.2. The zero-order valence-corrected chi connectivity index (χ0v) is 14.0. The van der Waals surface area contributed by atoms with Gasteiger partial charge in [-0.25, -0.2) is 0 Å². The second kappa shape index (κ2) is 9.00. The fourth-order valence-electron chi connectivity index (χ4n) is 2.18. The third-order valence-corrected chi connectivity index (χ3v) is 3.64. The van der Waals surface area contributed by atoms with E-state index in [1.807, 2.05) is 30.3 Å². The third-order valence-electron chi connectivity index (χ3n) is 3.43. The van der Waals surface area contributed by atoms with Gasteiger partial charge in [-0.15, -0.1) is 0 Å². The van der Waals surface area contributed by atoms with Gasteiger partial charge in [-0.1, -0.05) is 31.9 Å². The van der Waals surface area contributed by atoms with Crippen LogP contribution in [0.4, 0.5) is 5.69 Å². The van der Waals surface area contributed by atoms with E-state index >= 15 is 0 Å². The van der Waals surface area contributed by atoms with E-state index in [4.69, 9.17) is 12.2 Å². The Labute approximate surface area is 142 Å². The molecular formula is C18H21N3OS. The first-order valence-corrected chi connectivity index (χ1v) is 8.21. The lowest BCUT2D eigenvalue weighted by atomic mass is 10.1. The highest BCUT2D eigenvalue weighted by Gasteiger charge is 2.08. The number of aromatic nitrogens is 1. The standard InChI is InChI=1S/C18H21N3OS/c1-2-3-4-6-14-8-10-15(11-9-14)17(22)21-18(23)20-16-7-5-12-19-13-16/h5,7-13H,2-4,6H2,1H3,(H2,20,21,22,23). The second-order valence-corrected chi connectivity index (χ2v) is 5.71. The molecule has 0 spiro atoms. The van der Waals surface area contributed by atoms with Crippen molar-refractivity contribution in [2.45, 2.75) is 32.6 Å². The van der Waals surface area contributed by atoms with Crippen molar-refractivity contribution >= 4 is 28.9 Å². The van der Waals surface area contributed by atoms with Gasteiger partial charge in [-0.05, 0) is 54.9 Å². The summed E-state index contributed by atoms with van der Waals surface area (Å²) in [4.78, 5) is 16.1. The van der Waals surface area contributed by atoms with Crippen molar-refractivity contribution in [3.63, 3.8) is 0 Å². The number of aryl methyl sites for hydroxylation is 1. The number of nitrogens with one attached hydrogen (secondary N) is 2. The number of pyridine rings is 1. The SMILES string of the molecule is CCCCCc1ccc(C(=O)NC(=S)Nc2cccnc2)cc1. The molecule has 120 valence electrons. The third kappa shape index (κ3) is 5.79. The van der Waals surface area contributed by atoms with Gasteiger partial charge in [0.05, 0.1) is 11.9 Å². The Hall–Kier alpha value is -2.27. The van der Waals surface area contributed by atoms with Crippen LogP contribution < -0.4 is 10.6 Å². The summed E-state index contributed by atoms with van der Waals surface area (Å²) in [6.45, 7) is 2.19. The first-order chi connectivity index (χ1) is 11.2. The monoisotopic (exact) mass is 327 g/mol. The number of hydrogen-bond donors (Lipinski definition) is 2. The van der Waals surface area contributed by atoms with Crippen molar-refractivity contribution in [2.75, 3.05) is 5.32 Å². The summed E-state index contributed by atoms with van der Waals surface area (Å²) in [7, 11) is 0. The molecule has 0 radical (unpaired) electrons. The van der Waals surface area contributed by atoms with Crippen molar-refractivity contribution < 1.29 is 4.79 Å². The summed E-state index contributed by atoms with van der Waals surface area (Å²) in [5, 5.41) is 5.85. The highest BCUT2D eigenvalue weighted by atomic mass is 32.1. The average Bonchev–Trinajstić information content (AvgIpc) is 2.56. The van der Waals surface area contributed by atoms with Gasteiger partial charge in [0.25, 0.3) is 5.91 Å². The smallest absolute Gasteiger partial charge is 0.257 e. The van der Waals surface area contributed by atoms with E-state index in [2.05, 4.69) is 22.5 Å².